The standard InChI is InChI=1S/C11H15BrN2/c1-9-4-3-7-14(8-9)11-10(12)5-2-6-13-11/h2,5-6,9H,3-4,7-8H2,1H3/i1D3,3D2,4D2,7D2,8D2,9D. The fraction of sp³-hybridized carbons (Fsp3) is 0.545. The molecular weight excluding hydrogens is 240 g/mol. The molecule has 0 amide bonds. The summed E-state index contributed by atoms with van der Waals surface area (Å²) in [6.07, 6.45) is -6.12. The van der Waals surface area contributed by atoms with Crippen molar-refractivity contribution in [3.05, 3.63) is 22.8 Å². The molecule has 0 aromatic carbocycles. The molecule has 1 aliphatic rings. The molecule has 0 N–H and O–H groups in total. The van der Waals surface area contributed by atoms with E-state index in [4.69, 9.17) is 16.4 Å². The van der Waals surface area contributed by atoms with Gasteiger partial charge in [0.25, 0.3) is 0 Å². The van der Waals surface area contributed by atoms with Crippen molar-refractivity contribution < 1.29 is 16.4 Å². The van der Waals surface area contributed by atoms with Crippen molar-refractivity contribution in [1.29, 1.82) is 0 Å². The van der Waals surface area contributed by atoms with Crippen molar-refractivity contribution >= 4 is 21.7 Å². The van der Waals surface area contributed by atoms with Gasteiger partial charge in [0.1, 0.15) is 5.82 Å². The summed E-state index contributed by atoms with van der Waals surface area (Å²) in [6, 6.07) is 2.78. The van der Waals surface area contributed by atoms with E-state index >= 15 is 0 Å². The molecule has 0 spiro atoms. The Balaban J connectivity index is 2.96. The summed E-state index contributed by atoms with van der Waals surface area (Å²) in [7, 11) is 0. The zero-order valence-electron chi connectivity index (χ0n) is 19.0. The first kappa shape index (κ1) is 2.97. The molecule has 1 aliphatic heterocycles. The first-order chi connectivity index (χ1) is 11.4. The first-order valence-electron chi connectivity index (χ1n) is 9.80. The van der Waals surface area contributed by atoms with Gasteiger partial charge in [-0.15, -0.1) is 0 Å². The smallest absolute Gasteiger partial charge is 0.142 e. The lowest BCUT2D eigenvalue weighted by molar-refractivity contribution is 0.444. The number of hydrogen-bond acceptors (Lipinski definition) is 2. The largest absolute Gasteiger partial charge is 0.355 e. The topological polar surface area (TPSA) is 16.1 Å². The third kappa shape index (κ3) is 2.08. The van der Waals surface area contributed by atoms with Gasteiger partial charge in [-0.3, -0.25) is 0 Å². The van der Waals surface area contributed by atoms with Crippen molar-refractivity contribution in [3.8, 4) is 0 Å². The average molecular weight is 267 g/mol. The third-order valence-corrected chi connectivity index (χ3v) is 2.15. The number of aromatic nitrogens is 1. The maximum absolute atomic E-state index is 8.26. The Morgan fingerprint density at radius 1 is 1.86 bits per heavy atom. The highest BCUT2D eigenvalue weighted by Gasteiger charge is 2.18. The van der Waals surface area contributed by atoms with Crippen molar-refractivity contribution in [2.75, 3.05) is 17.9 Å². The molecule has 1 atom stereocenters. The van der Waals surface area contributed by atoms with Crippen LogP contribution in [0.15, 0.2) is 22.8 Å². The van der Waals surface area contributed by atoms with Gasteiger partial charge in [-0.05, 0) is 46.7 Å². The molecule has 0 aliphatic carbocycles. The van der Waals surface area contributed by atoms with Crippen LogP contribution >= 0.6 is 15.9 Å². The average Bonchev–Trinajstić information content (AvgIpc) is 2.45. The van der Waals surface area contributed by atoms with E-state index in [0.29, 0.717) is 0 Å². The van der Waals surface area contributed by atoms with E-state index in [2.05, 4.69) is 20.9 Å². The summed E-state index contributed by atoms with van der Waals surface area (Å²) in [5.74, 6) is -4.15. The SMILES string of the molecule is [2H]C([2H])([2H])C1([2H])C([2H])([2H])N(c2ncccc2Br)C([2H])([2H])C([2H])([2H])C1([2H])[2H]. The maximum Gasteiger partial charge on any atom is 0.142 e. The van der Waals surface area contributed by atoms with Crippen molar-refractivity contribution in [1.82, 2.24) is 4.98 Å². The van der Waals surface area contributed by atoms with Gasteiger partial charge in [0.05, 0.1) is 4.47 Å². The van der Waals surface area contributed by atoms with Crippen LogP contribution in [0.4, 0.5) is 5.82 Å². The summed E-state index contributed by atoms with van der Waals surface area (Å²) < 4.78 is 95.6. The summed E-state index contributed by atoms with van der Waals surface area (Å²) in [5, 5.41) is 0. The van der Waals surface area contributed by atoms with Crippen molar-refractivity contribution in [2.45, 2.75) is 19.6 Å². The van der Waals surface area contributed by atoms with Crippen LogP contribution in [-0.2, 0) is 0 Å². The van der Waals surface area contributed by atoms with Crippen LogP contribution < -0.4 is 4.90 Å². The Hall–Kier alpha value is -0.570. The molecule has 1 fully saturated rings. The molecule has 3 heteroatoms. The van der Waals surface area contributed by atoms with Crippen LogP contribution in [-0.4, -0.2) is 18.0 Å². The molecule has 2 nitrogen and oxygen atoms in total. The molecule has 0 bridgehead atoms. The molecule has 1 aromatic rings. The van der Waals surface area contributed by atoms with Crippen LogP contribution in [0.3, 0.4) is 0 Å². The van der Waals surface area contributed by atoms with Gasteiger partial charge in [0.2, 0.25) is 0 Å². The Morgan fingerprint density at radius 3 is 3.57 bits per heavy atom. The van der Waals surface area contributed by atoms with E-state index in [0.717, 1.165) is 6.20 Å². The van der Waals surface area contributed by atoms with Crippen LogP contribution in [0, 0.1) is 5.89 Å². The molecule has 0 radical (unpaired) electrons. The maximum atomic E-state index is 8.26. The van der Waals surface area contributed by atoms with Gasteiger partial charge in [0.15, 0.2) is 0 Å². The second-order valence-corrected chi connectivity index (χ2v) is 3.35. The highest BCUT2D eigenvalue weighted by molar-refractivity contribution is 9.10. The summed E-state index contributed by atoms with van der Waals surface area (Å²) >= 11 is 3.03. The highest BCUT2D eigenvalue weighted by atomic mass is 79.9. The lowest BCUT2D eigenvalue weighted by atomic mass is 10.0. The monoisotopic (exact) mass is 266 g/mol. The van der Waals surface area contributed by atoms with Gasteiger partial charge in [-0.1, -0.05) is 6.85 Å². The fourth-order valence-electron chi connectivity index (χ4n) is 0.962. The predicted molar refractivity (Wildman–Crippen MR) is 62.5 cm³/mol. The summed E-state index contributed by atoms with van der Waals surface area (Å²) in [6.45, 7) is -10.5. The lowest BCUT2D eigenvalue weighted by Crippen LogP contribution is -2.34. The van der Waals surface area contributed by atoms with Gasteiger partial charge >= 0.3 is 0 Å². The Bertz CT molecular complexity index is 717. The van der Waals surface area contributed by atoms with Gasteiger partial charge in [0, 0.05) is 35.6 Å². The zero-order chi connectivity index (χ0) is 20.6. The Labute approximate surface area is 110 Å². The highest BCUT2D eigenvalue weighted by Crippen LogP contribution is 2.27. The van der Waals surface area contributed by atoms with Crippen LogP contribution in [0.1, 0.15) is 36.0 Å². The predicted octanol–water partition coefficient (Wildman–Crippen LogP) is 3.08. The van der Waals surface area contributed by atoms with E-state index in [9.17, 15) is 0 Å². The molecular formula is C11H15BrN2. The minimum absolute atomic E-state index is 0.0268. The Morgan fingerprint density at radius 2 is 2.79 bits per heavy atom. The van der Waals surface area contributed by atoms with E-state index in [1.54, 1.807) is 0 Å². The van der Waals surface area contributed by atoms with Gasteiger partial charge < -0.3 is 4.90 Å². The Kier molecular flexibility index (Phi) is 0.913. The molecule has 0 saturated carbocycles. The van der Waals surface area contributed by atoms with Crippen LogP contribution in [0.5, 0.6) is 0 Å². The van der Waals surface area contributed by atoms with E-state index in [1.165, 1.54) is 12.1 Å². The summed E-state index contributed by atoms with van der Waals surface area (Å²) in [4.78, 5) is 3.90. The zero-order valence-corrected chi connectivity index (χ0v) is 8.59. The molecule has 1 unspecified atom stereocenters. The van der Waals surface area contributed by atoms with Gasteiger partial charge in [-0.2, -0.15) is 0 Å². The third-order valence-electron chi connectivity index (χ3n) is 1.53. The second-order valence-electron chi connectivity index (χ2n) is 2.49. The number of pyridine rings is 1. The second kappa shape index (κ2) is 4.30. The molecule has 1 aromatic heterocycles. The van der Waals surface area contributed by atoms with Crippen LogP contribution in [0.25, 0.3) is 0 Å². The molecule has 2 rings (SSSR count). The molecule has 2 heterocycles. The molecule has 1 saturated heterocycles. The van der Waals surface area contributed by atoms with E-state index < -0.39 is 44.3 Å². The first-order valence-corrected chi connectivity index (χ1v) is 4.59. The van der Waals surface area contributed by atoms with Crippen molar-refractivity contribution in [2.24, 2.45) is 5.89 Å². The normalized spacial score (nSPS) is 55.6. The number of anilines is 1. The lowest BCUT2D eigenvalue weighted by Gasteiger charge is -2.32. The van der Waals surface area contributed by atoms with Crippen LogP contribution in [0.2, 0.25) is 0 Å². The summed E-state index contributed by atoms with van der Waals surface area (Å²) in [5.41, 5.74) is 0. The quantitative estimate of drug-likeness (QED) is 0.777. The van der Waals surface area contributed by atoms with E-state index in [-0.39, 0.29) is 9.37 Å². The number of hydrogen-bond donors (Lipinski definition) is 0. The number of rotatable bonds is 1. The number of nitrogens with zero attached hydrogens (tertiary/aromatic N) is 2. The number of piperidine rings is 1. The minimum Gasteiger partial charge on any atom is -0.355 e. The molecule has 76 valence electrons. The fourth-order valence-corrected chi connectivity index (χ4v) is 1.39. The molecule has 14 heavy (non-hydrogen) atoms. The van der Waals surface area contributed by atoms with E-state index in [1.807, 2.05) is 0 Å². The number of halogens is 1. The van der Waals surface area contributed by atoms with Gasteiger partial charge in [-0.25, -0.2) is 4.98 Å². The minimum atomic E-state index is -3.71. The van der Waals surface area contributed by atoms with Crippen molar-refractivity contribution in [3.63, 3.8) is 0 Å².